The van der Waals surface area contributed by atoms with Gasteiger partial charge < -0.3 is 10.7 Å². The van der Waals surface area contributed by atoms with Crippen LogP contribution in [0.2, 0.25) is 0 Å². The van der Waals surface area contributed by atoms with E-state index in [1.807, 2.05) is 30.3 Å². The molecule has 0 aliphatic carbocycles. The molecule has 0 bridgehead atoms. The molecule has 0 saturated heterocycles. The topological polar surface area (TPSA) is 54.7 Å². The summed E-state index contributed by atoms with van der Waals surface area (Å²) in [7, 11) is 0. The van der Waals surface area contributed by atoms with E-state index >= 15 is 0 Å². The first kappa shape index (κ1) is 13.5. The minimum absolute atomic E-state index is 0.260. The number of benzene rings is 2. The first-order valence-corrected chi connectivity index (χ1v) is 7.29. The Morgan fingerprint density at radius 2 is 1.70 bits per heavy atom. The molecule has 3 N–H and O–H groups in total. The van der Waals surface area contributed by atoms with Gasteiger partial charge in [-0.1, -0.05) is 24.3 Å². The first-order chi connectivity index (χ1) is 11.2. The van der Waals surface area contributed by atoms with Gasteiger partial charge in [0.1, 0.15) is 5.82 Å². The number of nitrogens with two attached hydrogens (primary N) is 1. The van der Waals surface area contributed by atoms with Gasteiger partial charge in [0.05, 0.1) is 11.7 Å². The number of hydrogen-bond donors (Lipinski definition) is 2. The van der Waals surface area contributed by atoms with E-state index in [1.165, 1.54) is 0 Å². The van der Waals surface area contributed by atoms with Gasteiger partial charge in [0.2, 0.25) is 0 Å². The van der Waals surface area contributed by atoms with Crippen LogP contribution in [0.4, 0.5) is 10.1 Å². The number of halogens is 1. The maximum Gasteiger partial charge on any atom is 0.131 e. The third-order valence-electron chi connectivity index (χ3n) is 3.93. The zero-order valence-electron chi connectivity index (χ0n) is 12.3. The van der Waals surface area contributed by atoms with Crippen LogP contribution >= 0.6 is 0 Å². The molecule has 0 amide bonds. The summed E-state index contributed by atoms with van der Waals surface area (Å²) in [5.41, 5.74) is 10.3. The van der Waals surface area contributed by atoms with E-state index in [2.05, 4.69) is 9.97 Å². The highest BCUT2D eigenvalue weighted by atomic mass is 19.1. The van der Waals surface area contributed by atoms with Crippen molar-refractivity contribution in [2.45, 2.75) is 0 Å². The molecule has 3 nitrogen and oxygen atoms in total. The molecule has 2 aromatic heterocycles. The van der Waals surface area contributed by atoms with Gasteiger partial charge >= 0.3 is 0 Å². The number of pyridine rings is 1. The van der Waals surface area contributed by atoms with E-state index in [0.29, 0.717) is 11.3 Å². The second-order valence-electron chi connectivity index (χ2n) is 5.46. The number of nitrogens with zero attached hydrogens (tertiary/aromatic N) is 1. The maximum absolute atomic E-state index is 14.5. The molecule has 0 aliphatic heterocycles. The van der Waals surface area contributed by atoms with Gasteiger partial charge in [0.25, 0.3) is 0 Å². The summed E-state index contributed by atoms with van der Waals surface area (Å²) >= 11 is 0. The zero-order chi connectivity index (χ0) is 15.8. The summed E-state index contributed by atoms with van der Waals surface area (Å²) in [6.45, 7) is 0. The van der Waals surface area contributed by atoms with Crippen molar-refractivity contribution < 1.29 is 4.39 Å². The number of H-pyrrole nitrogens is 1. The molecule has 0 spiro atoms. The monoisotopic (exact) mass is 303 g/mol. The fraction of sp³-hybridized carbons (Fsp3) is 0. The van der Waals surface area contributed by atoms with E-state index < -0.39 is 0 Å². The average molecular weight is 303 g/mol. The molecular weight excluding hydrogens is 289 g/mol. The van der Waals surface area contributed by atoms with Crippen molar-refractivity contribution in [1.29, 1.82) is 0 Å². The van der Waals surface area contributed by atoms with Crippen LogP contribution in [0, 0.1) is 5.82 Å². The van der Waals surface area contributed by atoms with Crippen molar-refractivity contribution in [3.05, 3.63) is 72.8 Å². The second kappa shape index (κ2) is 5.25. The molecule has 0 saturated carbocycles. The molecule has 4 heteroatoms. The summed E-state index contributed by atoms with van der Waals surface area (Å²) < 4.78 is 14.5. The maximum atomic E-state index is 14.5. The number of rotatable bonds is 2. The lowest BCUT2D eigenvalue weighted by molar-refractivity contribution is 0.632. The summed E-state index contributed by atoms with van der Waals surface area (Å²) in [5, 5.41) is 1.05. The van der Waals surface area contributed by atoms with Gasteiger partial charge in [0, 0.05) is 34.1 Å². The zero-order valence-corrected chi connectivity index (χ0v) is 12.3. The van der Waals surface area contributed by atoms with Crippen molar-refractivity contribution in [3.63, 3.8) is 0 Å². The second-order valence-corrected chi connectivity index (χ2v) is 5.46. The number of nitrogen functional groups attached to an aromatic ring is 1. The van der Waals surface area contributed by atoms with Crippen molar-refractivity contribution >= 4 is 16.6 Å². The predicted molar refractivity (Wildman–Crippen MR) is 91.3 cm³/mol. The van der Waals surface area contributed by atoms with E-state index in [4.69, 9.17) is 5.73 Å². The van der Waals surface area contributed by atoms with Crippen molar-refractivity contribution in [2.24, 2.45) is 0 Å². The van der Waals surface area contributed by atoms with Crippen molar-refractivity contribution in [3.8, 4) is 22.4 Å². The third kappa shape index (κ3) is 2.44. The van der Waals surface area contributed by atoms with Crippen LogP contribution in [0.5, 0.6) is 0 Å². The Morgan fingerprint density at radius 1 is 0.913 bits per heavy atom. The Hall–Kier alpha value is -3.14. The standard InChI is InChI=1S/C19H14FN3/c20-17-9-13(18-10-14-7-8-22-11-19(14)23-18)3-6-16(17)12-1-4-15(21)5-2-12/h1-11,23H,21H2. The van der Waals surface area contributed by atoms with Gasteiger partial charge in [-0.15, -0.1) is 0 Å². The van der Waals surface area contributed by atoms with Gasteiger partial charge in [-0.2, -0.15) is 0 Å². The normalized spacial score (nSPS) is 11.0. The molecule has 0 radical (unpaired) electrons. The highest BCUT2D eigenvalue weighted by molar-refractivity contribution is 5.85. The summed E-state index contributed by atoms with van der Waals surface area (Å²) in [5.74, 6) is -0.260. The molecule has 0 atom stereocenters. The van der Waals surface area contributed by atoms with Crippen molar-refractivity contribution in [2.75, 3.05) is 5.73 Å². The Labute approximate surface area is 132 Å². The number of fused-ring (bicyclic) bond motifs is 1. The lowest BCUT2D eigenvalue weighted by Crippen LogP contribution is -1.88. The largest absolute Gasteiger partial charge is 0.399 e. The quantitative estimate of drug-likeness (QED) is 0.531. The molecule has 0 fully saturated rings. The van der Waals surface area contributed by atoms with Gasteiger partial charge in [-0.25, -0.2) is 4.39 Å². The van der Waals surface area contributed by atoms with E-state index in [-0.39, 0.29) is 5.82 Å². The highest BCUT2D eigenvalue weighted by Crippen LogP contribution is 2.29. The molecule has 112 valence electrons. The van der Waals surface area contributed by atoms with Crippen LogP contribution in [0.3, 0.4) is 0 Å². The lowest BCUT2D eigenvalue weighted by atomic mass is 10.0. The van der Waals surface area contributed by atoms with Gasteiger partial charge in [0.15, 0.2) is 0 Å². The Kier molecular flexibility index (Phi) is 3.08. The van der Waals surface area contributed by atoms with E-state index in [9.17, 15) is 4.39 Å². The molecule has 4 rings (SSSR count). The number of nitrogens with one attached hydrogen (secondary N) is 1. The van der Waals surface area contributed by atoms with Crippen LogP contribution in [0.25, 0.3) is 33.3 Å². The smallest absolute Gasteiger partial charge is 0.131 e. The van der Waals surface area contributed by atoms with Crippen molar-refractivity contribution in [1.82, 2.24) is 9.97 Å². The number of aromatic amines is 1. The molecular formula is C19H14FN3. The molecule has 23 heavy (non-hydrogen) atoms. The number of hydrogen-bond acceptors (Lipinski definition) is 2. The fourth-order valence-electron chi connectivity index (χ4n) is 2.71. The highest BCUT2D eigenvalue weighted by Gasteiger charge is 2.09. The predicted octanol–water partition coefficient (Wildman–Crippen LogP) is 4.62. The average Bonchev–Trinajstić information content (AvgIpc) is 3.00. The molecule has 2 heterocycles. The Morgan fingerprint density at radius 3 is 2.43 bits per heavy atom. The molecule has 2 aromatic carbocycles. The van der Waals surface area contributed by atoms with Crippen LogP contribution in [-0.2, 0) is 0 Å². The summed E-state index contributed by atoms with van der Waals surface area (Å²) in [6.07, 6.45) is 3.50. The summed E-state index contributed by atoms with van der Waals surface area (Å²) in [4.78, 5) is 7.34. The number of aromatic nitrogens is 2. The third-order valence-corrected chi connectivity index (χ3v) is 3.93. The van der Waals surface area contributed by atoms with Gasteiger partial charge in [-0.3, -0.25) is 4.98 Å². The molecule has 0 unspecified atom stereocenters. The Balaban J connectivity index is 1.76. The molecule has 4 aromatic rings. The minimum atomic E-state index is -0.260. The van der Waals surface area contributed by atoms with Crippen LogP contribution in [0.1, 0.15) is 0 Å². The van der Waals surface area contributed by atoms with Gasteiger partial charge in [-0.05, 0) is 35.9 Å². The SMILES string of the molecule is Nc1ccc(-c2ccc(-c3cc4ccncc4[nH]3)cc2F)cc1. The fourth-order valence-corrected chi connectivity index (χ4v) is 2.71. The van der Waals surface area contributed by atoms with Crippen LogP contribution in [-0.4, -0.2) is 9.97 Å². The number of anilines is 1. The van der Waals surface area contributed by atoms with E-state index in [0.717, 1.165) is 27.7 Å². The van der Waals surface area contributed by atoms with E-state index in [1.54, 1.807) is 36.7 Å². The lowest BCUT2D eigenvalue weighted by Gasteiger charge is -2.06. The van der Waals surface area contributed by atoms with Crippen LogP contribution in [0.15, 0.2) is 67.0 Å². The summed E-state index contributed by atoms with van der Waals surface area (Å²) in [6, 6.07) is 16.4. The molecule has 0 aliphatic rings. The Bertz CT molecular complexity index is 954. The first-order valence-electron chi connectivity index (χ1n) is 7.29. The van der Waals surface area contributed by atoms with Crippen LogP contribution < -0.4 is 5.73 Å². The minimum Gasteiger partial charge on any atom is -0.399 e.